The van der Waals surface area contributed by atoms with Crippen molar-refractivity contribution in [2.75, 3.05) is 0 Å². The van der Waals surface area contributed by atoms with E-state index in [0.29, 0.717) is 16.9 Å². The first-order chi connectivity index (χ1) is 18.2. The molecule has 0 bridgehead atoms. The Morgan fingerprint density at radius 3 is 2.00 bits per heavy atom. The van der Waals surface area contributed by atoms with Crippen LogP contribution >= 0.6 is 0 Å². The molecule has 0 N–H and O–H groups in total. The van der Waals surface area contributed by atoms with Crippen molar-refractivity contribution in [3.8, 4) is 34.0 Å². The second-order valence-electron chi connectivity index (χ2n) is 8.79. The van der Waals surface area contributed by atoms with Gasteiger partial charge in [-0.05, 0) is 82.2 Å². The number of aromatic nitrogens is 1. The smallest absolute Gasteiger partial charge is 0.189 e. The fraction of sp³-hybridized carbons (Fsp3) is 0. The molecular formula is C33H18N4. The van der Waals surface area contributed by atoms with E-state index in [9.17, 15) is 5.26 Å². The van der Waals surface area contributed by atoms with E-state index in [1.807, 2.05) is 84.9 Å². The van der Waals surface area contributed by atoms with E-state index in [0.717, 1.165) is 49.7 Å². The molecule has 0 atom stereocenters. The van der Waals surface area contributed by atoms with Crippen LogP contribution in [0.1, 0.15) is 5.56 Å². The van der Waals surface area contributed by atoms with E-state index in [1.165, 1.54) is 0 Å². The highest BCUT2D eigenvalue weighted by atomic mass is 15.0. The molecule has 6 rings (SSSR count). The van der Waals surface area contributed by atoms with Gasteiger partial charge in [0.15, 0.2) is 11.4 Å². The van der Waals surface area contributed by atoms with Gasteiger partial charge in [-0.25, -0.2) is 9.69 Å². The van der Waals surface area contributed by atoms with Crippen molar-refractivity contribution < 1.29 is 0 Å². The normalized spacial score (nSPS) is 10.6. The molecule has 0 amide bonds. The van der Waals surface area contributed by atoms with Crippen molar-refractivity contribution in [3.05, 3.63) is 138 Å². The lowest BCUT2D eigenvalue weighted by Gasteiger charge is -2.13. The summed E-state index contributed by atoms with van der Waals surface area (Å²) < 4.78 is 2.14. The van der Waals surface area contributed by atoms with Crippen molar-refractivity contribution >= 4 is 33.2 Å². The van der Waals surface area contributed by atoms with E-state index in [1.54, 1.807) is 0 Å². The molecule has 0 saturated heterocycles. The zero-order valence-electron chi connectivity index (χ0n) is 19.7. The lowest BCUT2D eigenvalue weighted by Crippen LogP contribution is -1.95. The van der Waals surface area contributed by atoms with Gasteiger partial charge in [-0.15, -0.1) is 0 Å². The number of hydrogen-bond acceptors (Lipinski definition) is 1. The molecule has 0 spiro atoms. The van der Waals surface area contributed by atoms with Crippen LogP contribution in [0.2, 0.25) is 0 Å². The molecule has 0 saturated carbocycles. The van der Waals surface area contributed by atoms with Crippen molar-refractivity contribution in [2.24, 2.45) is 0 Å². The zero-order valence-corrected chi connectivity index (χ0v) is 19.7. The van der Waals surface area contributed by atoms with Crippen molar-refractivity contribution in [1.29, 1.82) is 5.26 Å². The Morgan fingerprint density at radius 2 is 1.24 bits per heavy atom. The number of nitriles is 1. The SMILES string of the molecule is [C-]#[N+]c1cc(-c2cc(C#N)cc(-c3ccccc3)c2)cc(-n2c3ccccc3c3cc([N+]#[C-])ccc32)c1. The molecule has 4 nitrogen and oxygen atoms in total. The van der Waals surface area contributed by atoms with Crippen LogP contribution < -0.4 is 0 Å². The topological polar surface area (TPSA) is 37.4 Å². The minimum Gasteiger partial charge on any atom is -0.311 e. The summed E-state index contributed by atoms with van der Waals surface area (Å²) in [5.74, 6) is 0. The maximum Gasteiger partial charge on any atom is 0.189 e. The highest BCUT2D eigenvalue weighted by Gasteiger charge is 2.15. The molecule has 0 aliphatic carbocycles. The lowest BCUT2D eigenvalue weighted by molar-refractivity contribution is 1.18. The first kappa shape index (κ1) is 21.9. The second kappa shape index (κ2) is 8.86. The van der Waals surface area contributed by atoms with Crippen LogP contribution in [0.4, 0.5) is 11.4 Å². The minimum absolute atomic E-state index is 0.514. The van der Waals surface area contributed by atoms with E-state index in [-0.39, 0.29) is 0 Å². The van der Waals surface area contributed by atoms with Gasteiger partial charge in [0, 0.05) is 11.1 Å². The summed E-state index contributed by atoms with van der Waals surface area (Å²) in [6, 6.07) is 37.7. The average molecular weight is 471 g/mol. The monoisotopic (exact) mass is 470 g/mol. The molecule has 0 aliphatic rings. The number of rotatable bonds is 3. The van der Waals surface area contributed by atoms with Crippen molar-refractivity contribution in [2.45, 2.75) is 0 Å². The summed E-state index contributed by atoms with van der Waals surface area (Å²) >= 11 is 0. The molecule has 5 aromatic carbocycles. The van der Waals surface area contributed by atoms with Crippen LogP contribution in [0.15, 0.2) is 109 Å². The fourth-order valence-corrected chi connectivity index (χ4v) is 4.92. The second-order valence-corrected chi connectivity index (χ2v) is 8.79. The molecule has 0 aliphatic heterocycles. The minimum atomic E-state index is 0.514. The lowest BCUT2D eigenvalue weighted by atomic mass is 9.96. The van der Waals surface area contributed by atoms with Crippen molar-refractivity contribution in [3.63, 3.8) is 0 Å². The summed E-state index contributed by atoms with van der Waals surface area (Å²) in [6.07, 6.45) is 0. The van der Waals surface area contributed by atoms with Gasteiger partial charge in [-0.3, -0.25) is 0 Å². The maximum absolute atomic E-state index is 9.74. The predicted octanol–water partition coefficient (Wildman–Crippen LogP) is 9.09. The summed E-state index contributed by atoms with van der Waals surface area (Å²) in [5.41, 5.74) is 8.22. The molecule has 1 heterocycles. The van der Waals surface area contributed by atoms with E-state index >= 15 is 0 Å². The third kappa shape index (κ3) is 3.78. The first-order valence-corrected chi connectivity index (χ1v) is 11.7. The van der Waals surface area contributed by atoms with Crippen LogP contribution in [-0.4, -0.2) is 4.57 Å². The van der Waals surface area contributed by atoms with E-state index in [4.69, 9.17) is 13.1 Å². The summed E-state index contributed by atoms with van der Waals surface area (Å²) in [7, 11) is 0. The van der Waals surface area contributed by atoms with Gasteiger partial charge in [0.05, 0.1) is 35.8 Å². The van der Waals surface area contributed by atoms with Crippen LogP contribution in [0.5, 0.6) is 0 Å². The van der Waals surface area contributed by atoms with Gasteiger partial charge in [0.2, 0.25) is 0 Å². The summed E-state index contributed by atoms with van der Waals surface area (Å²) in [4.78, 5) is 7.38. The quantitative estimate of drug-likeness (QED) is 0.238. The first-order valence-electron chi connectivity index (χ1n) is 11.7. The molecule has 6 aromatic rings. The molecule has 37 heavy (non-hydrogen) atoms. The third-order valence-electron chi connectivity index (χ3n) is 6.58. The number of para-hydroxylation sites is 1. The maximum atomic E-state index is 9.74. The van der Waals surface area contributed by atoms with Crippen molar-refractivity contribution in [1.82, 2.24) is 4.57 Å². The van der Waals surface area contributed by atoms with Crippen LogP contribution in [0.3, 0.4) is 0 Å². The van der Waals surface area contributed by atoms with Crippen LogP contribution in [0.25, 0.3) is 59.4 Å². The van der Waals surface area contributed by atoms with E-state index in [2.05, 4.69) is 44.6 Å². The van der Waals surface area contributed by atoms with E-state index < -0.39 is 0 Å². The zero-order chi connectivity index (χ0) is 25.4. The molecule has 0 radical (unpaired) electrons. The molecule has 170 valence electrons. The Hall–Kier alpha value is -5.63. The average Bonchev–Trinajstić information content (AvgIpc) is 3.30. The van der Waals surface area contributed by atoms with Gasteiger partial charge in [-0.2, -0.15) is 5.26 Å². The number of fused-ring (bicyclic) bond motifs is 3. The Balaban J connectivity index is 1.62. The van der Waals surface area contributed by atoms with Gasteiger partial charge in [-0.1, -0.05) is 54.6 Å². The summed E-state index contributed by atoms with van der Waals surface area (Å²) in [6.45, 7) is 15.2. The Labute approximate surface area is 214 Å². The Kier molecular flexibility index (Phi) is 5.24. The van der Waals surface area contributed by atoms with Gasteiger partial charge in [0.25, 0.3) is 0 Å². The molecule has 0 unspecified atom stereocenters. The molecule has 0 fully saturated rings. The van der Waals surface area contributed by atoms with Crippen LogP contribution in [0, 0.1) is 24.5 Å². The standard InChI is InChI=1S/C33H18N4/c1-35-27-12-13-33-31(20-27)30-10-6-7-11-32(30)37(33)29-18-26(17-28(19-29)36-2)25-15-22(21-34)14-24(16-25)23-8-4-3-5-9-23/h3-20H. The predicted molar refractivity (Wildman–Crippen MR) is 149 cm³/mol. The summed E-state index contributed by atoms with van der Waals surface area (Å²) in [5, 5.41) is 11.8. The number of benzene rings is 5. The largest absolute Gasteiger partial charge is 0.311 e. The Bertz CT molecular complexity index is 1960. The van der Waals surface area contributed by atoms with Crippen LogP contribution in [-0.2, 0) is 0 Å². The van der Waals surface area contributed by atoms with Gasteiger partial charge in [0.1, 0.15) is 0 Å². The molecule has 1 aromatic heterocycles. The van der Waals surface area contributed by atoms with Gasteiger partial charge >= 0.3 is 0 Å². The number of hydrogen-bond donors (Lipinski definition) is 0. The fourth-order valence-electron chi connectivity index (χ4n) is 4.92. The Morgan fingerprint density at radius 1 is 0.568 bits per heavy atom. The third-order valence-corrected chi connectivity index (χ3v) is 6.58. The number of nitrogens with zero attached hydrogens (tertiary/aromatic N) is 4. The molecular weight excluding hydrogens is 452 g/mol. The highest BCUT2D eigenvalue weighted by Crippen LogP contribution is 2.37. The van der Waals surface area contributed by atoms with Gasteiger partial charge < -0.3 is 4.57 Å². The molecule has 4 heteroatoms. The highest BCUT2D eigenvalue weighted by molar-refractivity contribution is 6.10.